The molecule has 1 aliphatic carbocycles. The van der Waals surface area contributed by atoms with Crippen molar-refractivity contribution in [1.29, 1.82) is 0 Å². The first-order valence-corrected chi connectivity index (χ1v) is 7.14. The molecule has 4 nitrogen and oxygen atoms in total. The van der Waals surface area contributed by atoms with Gasteiger partial charge in [-0.3, -0.25) is 0 Å². The van der Waals surface area contributed by atoms with Gasteiger partial charge in [-0.05, 0) is 52.9 Å². The highest BCUT2D eigenvalue weighted by Crippen LogP contribution is 2.41. The number of methoxy groups -OCH3 is 1. The molecule has 0 aromatic heterocycles. The second kappa shape index (κ2) is 5.30. The normalized spacial score (nSPS) is 26.8. The molecule has 0 amide bonds. The summed E-state index contributed by atoms with van der Waals surface area (Å²) in [6, 6.07) is 0. The Bertz CT molecular complexity index is 435. The smallest absolute Gasteiger partial charge is 0.400 e. The minimum absolute atomic E-state index is 0.371. The van der Waals surface area contributed by atoms with E-state index in [1.807, 2.05) is 33.8 Å². The van der Waals surface area contributed by atoms with Crippen LogP contribution in [0.4, 0.5) is 0 Å². The molecule has 20 heavy (non-hydrogen) atoms. The first-order chi connectivity index (χ1) is 9.18. The summed E-state index contributed by atoms with van der Waals surface area (Å²) in [7, 11) is 1.08. The molecule has 0 spiro atoms. The number of rotatable bonds is 3. The number of aliphatic hydroxyl groups excluding tert-OH is 1. The largest absolute Gasteiger partial charge is 0.491 e. The SMILES string of the molecule is COC(O)C1=C(B2OC(C)(C)C(C)(C)O2)CCC(C)=C1. The van der Waals surface area contributed by atoms with Gasteiger partial charge in [-0.25, -0.2) is 0 Å². The zero-order valence-electron chi connectivity index (χ0n) is 13.3. The fourth-order valence-corrected chi connectivity index (χ4v) is 2.50. The highest BCUT2D eigenvalue weighted by Gasteiger charge is 2.53. The molecule has 5 heteroatoms. The van der Waals surface area contributed by atoms with Crippen molar-refractivity contribution in [1.82, 2.24) is 0 Å². The second-order valence-corrected chi connectivity index (χ2v) is 6.65. The molecule has 0 saturated carbocycles. The van der Waals surface area contributed by atoms with Crippen molar-refractivity contribution in [3.8, 4) is 0 Å². The van der Waals surface area contributed by atoms with Crippen molar-refractivity contribution in [3.63, 3.8) is 0 Å². The van der Waals surface area contributed by atoms with E-state index < -0.39 is 13.4 Å². The zero-order valence-corrected chi connectivity index (χ0v) is 13.3. The van der Waals surface area contributed by atoms with E-state index in [0.29, 0.717) is 0 Å². The number of allylic oxidation sites excluding steroid dienone is 2. The third-order valence-corrected chi connectivity index (χ3v) is 4.59. The first kappa shape index (κ1) is 15.8. The molecule has 1 N–H and O–H groups in total. The van der Waals surface area contributed by atoms with Crippen LogP contribution in [0, 0.1) is 0 Å². The van der Waals surface area contributed by atoms with Gasteiger partial charge in [-0.2, -0.15) is 0 Å². The molecule has 2 aliphatic rings. The van der Waals surface area contributed by atoms with Crippen molar-refractivity contribution in [2.45, 2.75) is 65.0 Å². The molecule has 1 fully saturated rings. The quantitative estimate of drug-likeness (QED) is 0.637. The van der Waals surface area contributed by atoms with Gasteiger partial charge >= 0.3 is 7.12 Å². The first-order valence-electron chi connectivity index (χ1n) is 7.14. The van der Waals surface area contributed by atoms with Crippen LogP contribution in [-0.2, 0) is 14.0 Å². The Morgan fingerprint density at radius 3 is 2.25 bits per heavy atom. The fourth-order valence-electron chi connectivity index (χ4n) is 2.50. The molecular weight excluding hydrogens is 255 g/mol. The molecule has 1 aliphatic heterocycles. The summed E-state index contributed by atoms with van der Waals surface area (Å²) in [5.74, 6) is 0. The summed E-state index contributed by atoms with van der Waals surface area (Å²) in [5, 5.41) is 10.1. The van der Waals surface area contributed by atoms with Crippen LogP contribution in [-0.4, -0.2) is 36.8 Å². The van der Waals surface area contributed by atoms with Gasteiger partial charge in [0.2, 0.25) is 0 Å². The highest BCUT2D eigenvalue weighted by atomic mass is 16.7. The second-order valence-electron chi connectivity index (χ2n) is 6.65. The fraction of sp³-hybridized carbons (Fsp3) is 0.733. The van der Waals surface area contributed by atoms with Crippen LogP contribution in [0.15, 0.2) is 22.7 Å². The van der Waals surface area contributed by atoms with Crippen LogP contribution in [0.1, 0.15) is 47.5 Å². The van der Waals surface area contributed by atoms with Gasteiger partial charge < -0.3 is 19.2 Å². The minimum Gasteiger partial charge on any atom is -0.400 e. The lowest BCUT2D eigenvalue weighted by Gasteiger charge is -2.32. The Balaban J connectivity index is 2.35. The maximum absolute atomic E-state index is 10.1. The number of hydrogen-bond donors (Lipinski definition) is 1. The summed E-state index contributed by atoms with van der Waals surface area (Å²) < 4.78 is 17.2. The molecular formula is C15H25BO4. The molecule has 1 saturated heterocycles. The van der Waals surface area contributed by atoms with Gasteiger partial charge in [0.1, 0.15) is 0 Å². The lowest BCUT2D eigenvalue weighted by Crippen LogP contribution is -2.41. The van der Waals surface area contributed by atoms with E-state index in [0.717, 1.165) is 23.9 Å². The molecule has 112 valence electrons. The standard InChI is InChI=1S/C15H25BO4/c1-10-7-8-12(11(9-10)13(17)18-6)16-19-14(2,3)15(4,5)20-16/h9,13,17H,7-8H2,1-6H3. The van der Waals surface area contributed by atoms with Crippen LogP contribution in [0.2, 0.25) is 0 Å². The summed E-state index contributed by atoms with van der Waals surface area (Å²) in [6.45, 7) is 10.2. The van der Waals surface area contributed by atoms with Gasteiger partial charge in [-0.15, -0.1) is 0 Å². The number of ether oxygens (including phenoxy) is 1. The molecule has 1 unspecified atom stereocenters. The third-order valence-electron chi connectivity index (χ3n) is 4.59. The van der Waals surface area contributed by atoms with Crippen LogP contribution >= 0.6 is 0 Å². The van der Waals surface area contributed by atoms with Crippen molar-refractivity contribution in [2.75, 3.05) is 7.11 Å². The number of aliphatic hydroxyl groups is 1. The van der Waals surface area contributed by atoms with Gasteiger partial charge in [-0.1, -0.05) is 11.6 Å². The van der Waals surface area contributed by atoms with E-state index in [4.69, 9.17) is 14.0 Å². The Morgan fingerprint density at radius 1 is 1.20 bits per heavy atom. The van der Waals surface area contributed by atoms with E-state index >= 15 is 0 Å². The van der Waals surface area contributed by atoms with Crippen LogP contribution in [0.3, 0.4) is 0 Å². The van der Waals surface area contributed by atoms with Gasteiger partial charge in [0, 0.05) is 12.7 Å². The molecule has 1 heterocycles. The van der Waals surface area contributed by atoms with Crippen molar-refractivity contribution < 1.29 is 19.2 Å². The number of hydrogen-bond acceptors (Lipinski definition) is 4. The predicted molar refractivity (Wildman–Crippen MR) is 79.1 cm³/mol. The molecule has 0 bridgehead atoms. The lowest BCUT2D eigenvalue weighted by molar-refractivity contribution is -0.0429. The molecule has 0 aromatic rings. The predicted octanol–water partition coefficient (Wildman–Crippen LogP) is 2.62. The summed E-state index contributed by atoms with van der Waals surface area (Å²) in [5.41, 5.74) is 2.25. The van der Waals surface area contributed by atoms with Crippen molar-refractivity contribution in [3.05, 3.63) is 22.7 Å². The summed E-state index contributed by atoms with van der Waals surface area (Å²) in [6.07, 6.45) is 2.84. The Hall–Kier alpha value is -0.615. The zero-order chi connectivity index (χ0) is 15.1. The van der Waals surface area contributed by atoms with Crippen LogP contribution < -0.4 is 0 Å². The Kier molecular flexibility index (Phi) is 4.18. The van der Waals surface area contributed by atoms with Gasteiger partial charge in [0.25, 0.3) is 0 Å². The average molecular weight is 280 g/mol. The maximum Gasteiger partial charge on any atom is 0.491 e. The average Bonchev–Trinajstić information content (AvgIpc) is 2.57. The van der Waals surface area contributed by atoms with E-state index in [9.17, 15) is 5.11 Å². The Morgan fingerprint density at radius 2 is 1.75 bits per heavy atom. The monoisotopic (exact) mass is 280 g/mol. The van der Waals surface area contributed by atoms with E-state index in [1.54, 1.807) is 0 Å². The molecule has 0 radical (unpaired) electrons. The highest BCUT2D eigenvalue weighted by molar-refractivity contribution is 6.55. The van der Waals surface area contributed by atoms with Crippen LogP contribution in [0.25, 0.3) is 0 Å². The lowest BCUT2D eigenvalue weighted by atomic mass is 9.70. The van der Waals surface area contributed by atoms with Gasteiger partial charge in [0.15, 0.2) is 6.29 Å². The minimum atomic E-state index is -0.931. The summed E-state index contributed by atoms with van der Waals surface area (Å²) >= 11 is 0. The molecule has 0 aromatic carbocycles. The van der Waals surface area contributed by atoms with Gasteiger partial charge in [0.05, 0.1) is 11.2 Å². The van der Waals surface area contributed by atoms with Crippen molar-refractivity contribution >= 4 is 7.12 Å². The van der Waals surface area contributed by atoms with Crippen molar-refractivity contribution in [2.24, 2.45) is 0 Å². The topological polar surface area (TPSA) is 47.9 Å². The summed E-state index contributed by atoms with van der Waals surface area (Å²) in [4.78, 5) is 0. The molecule has 2 rings (SSSR count). The third kappa shape index (κ3) is 2.73. The van der Waals surface area contributed by atoms with Crippen LogP contribution in [0.5, 0.6) is 0 Å². The van der Waals surface area contributed by atoms with E-state index in [-0.39, 0.29) is 11.2 Å². The van der Waals surface area contributed by atoms with E-state index in [2.05, 4.69) is 6.92 Å². The van der Waals surface area contributed by atoms with E-state index in [1.165, 1.54) is 12.7 Å². The Labute approximate surface area is 121 Å². The maximum atomic E-state index is 10.1. The molecule has 1 atom stereocenters.